The average molecular weight is 660 g/mol. The molecule has 1 atom stereocenters. The van der Waals surface area contributed by atoms with Crippen LogP contribution in [0.4, 0.5) is 27.9 Å². The van der Waals surface area contributed by atoms with E-state index in [1.807, 2.05) is 33.8 Å². The molecule has 1 aromatic carbocycles. The molecule has 12 nitrogen and oxygen atoms in total. The topological polar surface area (TPSA) is 141 Å². The zero-order valence-electron chi connectivity index (χ0n) is 27.1. The fourth-order valence-electron chi connectivity index (χ4n) is 5.84. The molecule has 2 aromatic heterocycles. The second kappa shape index (κ2) is 12.3. The van der Waals surface area contributed by atoms with Gasteiger partial charge in [0, 0.05) is 38.3 Å². The molecular formula is C31H42ClN7O5S. The molecule has 0 spiro atoms. The maximum absolute atomic E-state index is 12.9. The number of carbonyl (C=O) groups excluding carboxylic acids is 1. The number of aryl methyl sites for hydroxylation is 2. The number of carbonyl (C=O) groups is 1. The normalized spacial score (nSPS) is 17.3. The number of hydrogen-bond donors (Lipinski definition) is 2. The van der Waals surface area contributed by atoms with E-state index in [2.05, 4.69) is 32.6 Å². The minimum atomic E-state index is -3.66. The van der Waals surface area contributed by atoms with Gasteiger partial charge in [-0.05, 0) is 84.4 Å². The van der Waals surface area contributed by atoms with E-state index in [1.165, 1.54) is 16.4 Å². The Morgan fingerprint density at radius 3 is 2.51 bits per heavy atom. The van der Waals surface area contributed by atoms with Crippen molar-refractivity contribution >= 4 is 50.7 Å². The molecule has 2 aliphatic rings. The highest BCUT2D eigenvalue weighted by atomic mass is 35.5. The highest BCUT2D eigenvalue weighted by molar-refractivity contribution is 7.92. The molecule has 244 valence electrons. The predicted octanol–water partition coefficient (Wildman–Crippen LogP) is 6.28. The SMILES string of the molecule is Cc1cc(Nc2ncc(Cl)c(Nc3cn(C)nc3S(=O)(=O)C(C)C)n2)c2c(c1C1CCN(C(=O)OC(C)(C)C)CC1)C[C@@H](C)O2. The molecule has 1 amide bonds. The number of nitrogens with zero attached hydrogens (tertiary/aromatic N) is 5. The number of halogens is 1. The Morgan fingerprint density at radius 2 is 1.87 bits per heavy atom. The van der Waals surface area contributed by atoms with E-state index >= 15 is 0 Å². The predicted molar refractivity (Wildman–Crippen MR) is 174 cm³/mol. The first kappa shape index (κ1) is 32.8. The monoisotopic (exact) mass is 659 g/mol. The van der Waals surface area contributed by atoms with Crippen molar-refractivity contribution in [3.05, 3.63) is 40.2 Å². The van der Waals surface area contributed by atoms with Crippen LogP contribution >= 0.6 is 11.6 Å². The third-order valence-corrected chi connectivity index (χ3v) is 10.3. The van der Waals surface area contributed by atoms with Crippen LogP contribution in [0.5, 0.6) is 5.75 Å². The fraction of sp³-hybridized carbons (Fsp3) is 0.548. The zero-order chi connectivity index (χ0) is 32.8. The summed E-state index contributed by atoms with van der Waals surface area (Å²) >= 11 is 6.44. The second-order valence-electron chi connectivity index (χ2n) is 13.1. The van der Waals surface area contributed by atoms with Gasteiger partial charge in [-0.1, -0.05) is 11.6 Å². The summed E-state index contributed by atoms with van der Waals surface area (Å²) in [6, 6.07) is 2.05. The number of benzene rings is 1. The Hall–Kier alpha value is -3.58. The van der Waals surface area contributed by atoms with Crippen molar-refractivity contribution in [1.29, 1.82) is 0 Å². The van der Waals surface area contributed by atoms with E-state index in [0.29, 0.717) is 19.0 Å². The summed E-state index contributed by atoms with van der Waals surface area (Å²) in [6.45, 7) is 14.3. The van der Waals surface area contributed by atoms with Crippen LogP contribution in [-0.2, 0) is 28.0 Å². The number of hydrogen-bond acceptors (Lipinski definition) is 10. The van der Waals surface area contributed by atoms with Gasteiger partial charge in [-0.2, -0.15) is 10.1 Å². The Kier molecular flexibility index (Phi) is 8.98. The molecule has 3 aromatic rings. The summed E-state index contributed by atoms with van der Waals surface area (Å²) in [5, 5.41) is 10.0. The van der Waals surface area contributed by atoms with Crippen LogP contribution < -0.4 is 15.4 Å². The molecule has 1 fully saturated rings. The molecule has 5 rings (SSSR count). The first-order chi connectivity index (χ1) is 21.0. The molecule has 0 bridgehead atoms. The van der Waals surface area contributed by atoms with E-state index < -0.39 is 20.7 Å². The molecule has 2 aliphatic heterocycles. The van der Waals surface area contributed by atoms with Crippen LogP contribution in [-0.4, -0.2) is 69.2 Å². The lowest BCUT2D eigenvalue weighted by atomic mass is 9.82. The summed E-state index contributed by atoms with van der Waals surface area (Å²) in [7, 11) is -2.01. The number of likely N-dealkylation sites (tertiary alicyclic amines) is 1. The lowest BCUT2D eigenvalue weighted by Crippen LogP contribution is -2.41. The lowest BCUT2D eigenvalue weighted by molar-refractivity contribution is 0.0204. The molecule has 0 aliphatic carbocycles. The molecule has 2 N–H and O–H groups in total. The van der Waals surface area contributed by atoms with Crippen molar-refractivity contribution in [3.8, 4) is 5.75 Å². The van der Waals surface area contributed by atoms with Gasteiger partial charge < -0.3 is 25.0 Å². The smallest absolute Gasteiger partial charge is 0.410 e. The lowest BCUT2D eigenvalue weighted by Gasteiger charge is -2.34. The summed E-state index contributed by atoms with van der Waals surface area (Å²) in [6.07, 6.45) is 5.21. The van der Waals surface area contributed by atoms with Crippen molar-refractivity contribution in [2.75, 3.05) is 23.7 Å². The Bertz CT molecular complexity index is 1710. The average Bonchev–Trinajstić information content (AvgIpc) is 3.52. The fourth-order valence-corrected chi connectivity index (χ4v) is 7.08. The zero-order valence-corrected chi connectivity index (χ0v) is 28.6. The highest BCUT2D eigenvalue weighted by Crippen LogP contribution is 2.46. The van der Waals surface area contributed by atoms with Gasteiger partial charge in [0.05, 0.1) is 22.8 Å². The number of anilines is 4. The Labute approximate surface area is 269 Å². The third kappa shape index (κ3) is 6.99. The number of amides is 1. The van der Waals surface area contributed by atoms with Crippen molar-refractivity contribution in [3.63, 3.8) is 0 Å². The molecule has 1 saturated heterocycles. The number of ether oxygens (including phenoxy) is 2. The molecule has 0 unspecified atom stereocenters. The Balaban J connectivity index is 1.39. The summed E-state index contributed by atoms with van der Waals surface area (Å²) < 4.78 is 39.2. The van der Waals surface area contributed by atoms with Gasteiger partial charge in [0.1, 0.15) is 22.5 Å². The van der Waals surface area contributed by atoms with Gasteiger partial charge >= 0.3 is 6.09 Å². The quantitative estimate of drug-likeness (QED) is 0.298. The van der Waals surface area contributed by atoms with Gasteiger partial charge in [-0.3, -0.25) is 4.68 Å². The maximum Gasteiger partial charge on any atom is 0.410 e. The number of piperidine rings is 1. The summed E-state index contributed by atoms with van der Waals surface area (Å²) in [5.74, 6) is 1.56. The molecule has 0 saturated carbocycles. The first-order valence-corrected chi connectivity index (χ1v) is 17.1. The van der Waals surface area contributed by atoms with E-state index in [9.17, 15) is 13.2 Å². The minimum Gasteiger partial charge on any atom is -0.488 e. The highest BCUT2D eigenvalue weighted by Gasteiger charge is 2.34. The number of nitrogens with one attached hydrogen (secondary N) is 2. The van der Waals surface area contributed by atoms with Gasteiger partial charge in [0.25, 0.3) is 0 Å². The van der Waals surface area contributed by atoms with Gasteiger partial charge in [0.15, 0.2) is 5.82 Å². The van der Waals surface area contributed by atoms with Gasteiger partial charge in [-0.15, -0.1) is 0 Å². The first-order valence-electron chi connectivity index (χ1n) is 15.2. The van der Waals surface area contributed by atoms with Gasteiger partial charge in [0.2, 0.25) is 20.8 Å². The van der Waals surface area contributed by atoms with Crippen LogP contribution in [0.15, 0.2) is 23.5 Å². The maximum atomic E-state index is 12.9. The second-order valence-corrected chi connectivity index (χ2v) is 15.9. The van der Waals surface area contributed by atoms with E-state index in [-0.39, 0.29) is 39.7 Å². The molecule has 0 radical (unpaired) electrons. The van der Waals surface area contributed by atoms with Crippen molar-refractivity contribution in [2.45, 2.75) is 95.6 Å². The van der Waals surface area contributed by atoms with Crippen molar-refractivity contribution < 1.29 is 22.7 Å². The van der Waals surface area contributed by atoms with Crippen LogP contribution in [0.1, 0.15) is 77.0 Å². The van der Waals surface area contributed by atoms with Crippen molar-refractivity contribution in [1.82, 2.24) is 24.6 Å². The standard InChI is InChI=1S/C31H42ClN7O5S/c1-17(2)45(41,42)28-24(16-38(8)37-28)34-27-22(32)15-33-29(36-27)35-23-13-18(3)25(21-14-19(4)43-26(21)23)20-9-11-39(12-10-20)30(40)44-31(5,6)7/h13,15-17,19-20H,9-12,14H2,1-8H3,(H2,33,34,35,36)/t19-/m1/s1. The summed E-state index contributed by atoms with van der Waals surface area (Å²) in [4.78, 5) is 23.4. The number of sulfone groups is 1. The van der Waals surface area contributed by atoms with E-state index in [4.69, 9.17) is 21.1 Å². The van der Waals surface area contributed by atoms with E-state index in [1.54, 1.807) is 32.0 Å². The number of rotatable bonds is 7. The molecule has 14 heteroatoms. The van der Waals surface area contributed by atoms with Crippen LogP contribution in [0.25, 0.3) is 0 Å². The number of aromatic nitrogens is 4. The minimum absolute atomic E-state index is 0.00164. The third-order valence-electron chi connectivity index (χ3n) is 7.92. The summed E-state index contributed by atoms with van der Waals surface area (Å²) in [5.41, 5.74) is 4.04. The van der Waals surface area contributed by atoms with E-state index in [0.717, 1.165) is 41.8 Å². The molecule has 45 heavy (non-hydrogen) atoms. The Morgan fingerprint density at radius 1 is 1.18 bits per heavy atom. The van der Waals surface area contributed by atoms with Gasteiger partial charge in [-0.25, -0.2) is 18.2 Å². The van der Waals surface area contributed by atoms with Crippen LogP contribution in [0.3, 0.4) is 0 Å². The molecule has 4 heterocycles. The van der Waals surface area contributed by atoms with Crippen LogP contribution in [0, 0.1) is 6.92 Å². The molecular weight excluding hydrogens is 618 g/mol. The van der Waals surface area contributed by atoms with Crippen molar-refractivity contribution in [2.24, 2.45) is 7.05 Å². The largest absolute Gasteiger partial charge is 0.488 e. The number of fused-ring (bicyclic) bond motifs is 1. The van der Waals surface area contributed by atoms with Crippen LogP contribution in [0.2, 0.25) is 5.02 Å².